The fourth-order valence-electron chi connectivity index (χ4n) is 5.48. The first-order chi connectivity index (χ1) is 16.1. The van der Waals surface area contributed by atoms with Crippen LogP contribution in [0.4, 0.5) is 10.1 Å². The second kappa shape index (κ2) is 11.3. The van der Waals surface area contributed by atoms with Crippen LogP contribution in [0, 0.1) is 17.7 Å². The zero-order valence-electron chi connectivity index (χ0n) is 20.0. The number of hydrogen-bond donors (Lipinski definition) is 0. The van der Waals surface area contributed by atoms with Gasteiger partial charge in [-0.25, -0.2) is 4.39 Å². The molecule has 0 spiro atoms. The van der Waals surface area contributed by atoms with Crippen LogP contribution in [-0.4, -0.2) is 50.1 Å². The first-order valence-electron chi connectivity index (χ1n) is 12.5. The van der Waals surface area contributed by atoms with Crippen LogP contribution in [-0.2, 0) is 16.0 Å². The lowest BCUT2D eigenvalue weighted by atomic mass is 9.90. The minimum Gasteiger partial charge on any atom is -0.381 e. The lowest BCUT2D eigenvalue weighted by Gasteiger charge is -2.42. The standard InChI is InChI=1S/C28H37FN2O2/c1-3-22(4-2)27(32)19-21-10-11-26(25(29)18-21)30-13-15-31(16-14-30)28(24-12-17-33-20-24)23-8-6-5-7-9-23/h5-11,18,22,24,28H,3-4,12-17,19-20H2,1-2H3. The van der Waals surface area contributed by atoms with E-state index in [1.165, 1.54) is 5.56 Å². The van der Waals surface area contributed by atoms with Crippen molar-refractivity contribution in [3.63, 3.8) is 0 Å². The molecule has 0 aromatic heterocycles. The van der Waals surface area contributed by atoms with Gasteiger partial charge in [0.25, 0.3) is 0 Å². The quantitative estimate of drug-likeness (QED) is 0.519. The number of anilines is 1. The maximum absolute atomic E-state index is 15.0. The molecule has 0 N–H and O–H groups in total. The van der Waals surface area contributed by atoms with Gasteiger partial charge in [-0.3, -0.25) is 9.69 Å². The van der Waals surface area contributed by atoms with E-state index in [-0.39, 0.29) is 17.5 Å². The molecule has 2 fully saturated rings. The molecule has 2 aliphatic rings. The van der Waals surface area contributed by atoms with Crippen molar-refractivity contribution >= 4 is 11.5 Å². The van der Waals surface area contributed by atoms with E-state index in [1.807, 2.05) is 26.0 Å². The summed E-state index contributed by atoms with van der Waals surface area (Å²) >= 11 is 0. The summed E-state index contributed by atoms with van der Waals surface area (Å²) in [5, 5.41) is 0. The first-order valence-corrected chi connectivity index (χ1v) is 12.5. The van der Waals surface area contributed by atoms with Gasteiger partial charge in [-0.1, -0.05) is 50.2 Å². The van der Waals surface area contributed by atoms with Gasteiger partial charge >= 0.3 is 0 Å². The summed E-state index contributed by atoms with van der Waals surface area (Å²) in [7, 11) is 0. The molecule has 5 heteroatoms. The molecule has 0 radical (unpaired) electrons. The molecule has 0 bridgehead atoms. The normalized spacial score (nSPS) is 20.4. The number of carbonyl (C=O) groups excluding carboxylic acids is 1. The van der Waals surface area contributed by atoms with E-state index in [0.717, 1.165) is 64.2 Å². The maximum atomic E-state index is 15.0. The summed E-state index contributed by atoms with van der Waals surface area (Å²) in [6.45, 7) is 9.10. The average Bonchev–Trinajstić information content (AvgIpc) is 3.36. The van der Waals surface area contributed by atoms with Gasteiger partial charge in [-0.2, -0.15) is 0 Å². The minimum absolute atomic E-state index is 0.0728. The van der Waals surface area contributed by atoms with E-state index in [1.54, 1.807) is 6.07 Å². The number of halogens is 1. The molecule has 0 aliphatic carbocycles. The SMILES string of the molecule is CCC(CC)C(=O)Cc1ccc(N2CCN(C(c3ccccc3)C3CCOC3)CC2)c(F)c1. The number of carbonyl (C=O) groups is 1. The topological polar surface area (TPSA) is 32.8 Å². The average molecular weight is 453 g/mol. The van der Waals surface area contributed by atoms with Gasteiger partial charge in [-0.05, 0) is 42.5 Å². The number of rotatable bonds is 9. The molecule has 0 amide bonds. The fraction of sp³-hybridized carbons (Fsp3) is 0.536. The van der Waals surface area contributed by atoms with Gasteiger partial charge < -0.3 is 9.64 Å². The van der Waals surface area contributed by atoms with Gasteiger partial charge in [-0.15, -0.1) is 0 Å². The highest BCUT2D eigenvalue weighted by molar-refractivity contribution is 5.83. The Bertz CT molecular complexity index is 901. The maximum Gasteiger partial charge on any atom is 0.146 e. The van der Waals surface area contributed by atoms with Gasteiger partial charge in [0, 0.05) is 57.1 Å². The highest BCUT2D eigenvalue weighted by Crippen LogP contribution is 2.35. The Hall–Kier alpha value is -2.24. The number of benzene rings is 2. The first kappa shape index (κ1) is 23.9. The Morgan fingerprint density at radius 1 is 1.06 bits per heavy atom. The number of ether oxygens (including phenoxy) is 1. The Morgan fingerprint density at radius 3 is 2.39 bits per heavy atom. The molecule has 33 heavy (non-hydrogen) atoms. The highest BCUT2D eigenvalue weighted by Gasteiger charge is 2.34. The van der Waals surface area contributed by atoms with Gasteiger partial charge in [0.1, 0.15) is 11.6 Å². The monoisotopic (exact) mass is 452 g/mol. The Kier molecular flexibility index (Phi) is 8.15. The number of hydrogen-bond acceptors (Lipinski definition) is 4. The summed E-state index contributed by atoms with van der Waals surface area (Å²) in [6, 6.07) is 16.4. The molecule has 4 rings (SSSR count). The third kappa shape index (κ3) is 5.64. The molecular formula is C28H37FN2O2. The molecule has 0 saturated carbocycles. The number of piperazine rings is 1. The molecule has 2 saturated heterocycles. The van der Waals surface area contributed by atoms with Crippen molar-refractivity contribution in [2.24, 2.45) is 11.8 Å². The van der Waals surface area contributed by atoms with Crippen LogP contribution in [0.2, 0.25) is 0 Å². The molecule has 2 aliphatic heterocycles. The molecule has 2 atom stereocenters. The predicted octanol–water partition coefficient (Wildman–Crippen LogP) is 5.27. The number of ketones is 1. The zero-order chi connectivity index (χ0) is 23.2. The number of nitrogens with zero attached hydrogens (tertiary/aromatic N) is 2. The van der Waals surface area contributed by atoms with Crippen LogP contribution < -0.4 is 4.90 Å². The number of Topliss-reactive ketones (excluding diaryl/α,β-unsaturated/α-hetero) is 1. The van der Waals surface area contributed by atoms with E-state index in [4.69, 9.17) is 4.74 Å². The fourth-order valence-corrected chi connectivity index (χ4v) is 5.48. The lowest BCUT2D eigenvalue weighted by molar-refractivity contribution is -0.122. The molecule has 4 nitrogen and oxygen atoms in total. The van der Waals surface area contributed by atoms with Crippen LogP contribution in [0.15, 0.2) is 48.5 Å². The predicted molar refractivity (Wildman–Crippen MR) is 131 cm³/mol. The summed E-state index contributed by atoms with van der Waals surface area (Å²) in [4.78, 5) is 17.1. The largest absolute Gasteiger partial charge is 0.381 e. The van der Waals surface area contributed by atoms with Gasteiger partial charge in [0.2, 0.25) is 0 Å². The van der Waals surface area contributed by atoms with Crippen molar-refractivity contribution in [3.05, 3.63) is 65.5 Å². The molecule has 2 heterocycles. The summed E-state index contributed by atoms with van der Waals surface area (Å²) in [5.41, 5.74) is 2.77. The van der Waals surface area contributed by atoms with Crippen LogP contribution in [0.5, 0.6) is 0 Å². The zero-order valence-corrected chi connectivity index (χ0v) is 20.0. The smallest absolute Gasteiger partial charge is 0.146 e. The van der Waals surface area contributed by atoms with Gasteiger partial charge in [0.05, 0.1) is 12.3 Å². The van der Waals surface area contributed by atoms with Crippen LogP contribution >= 0.6 is 0 Å². The lowest BCUT2D eigenvalue weighted by Crippen LogP contribution is -2.49. The molecular weight excluding hydrogens is 415 g/mol. The Balaban J connectivity index is 1.41. The molecule has 2 unspecified atom stereocenters. The summed E-state index contributed by atoms with van der Waals surface area (Å²) in [5.74, 6) is 0.567. The van der Waals surface area contributed by atoms with Crippen LogP contribution in [0.25, 0.3) is 0 Å². The van der Waals surface area contributed by atoms with Crippen molar-refractivity contribution < 1.29 is 13.9 Å². The van der Waals surface area contributed by atoms with E-state index < -0.39 is 0 Å². The molecule has 2 aromatic rings. The van der Waals surface area contributed by atoms with E-state index in [2.05, 4.69) is 40.1 Å². The molecule has 178 valence electrons. The second-order valence-corrected chi connectivity index (χ2v) is 9.44. The third-order valence-corrected chi connectivity index (χ3v) is 7.43. The summed E-state index contributed by atoms with van der Waals surface area (Å²) in [6.07, 6.45) is 3.10. The van der Waals surface area contributed by atoms with Crippen LogP contribution in [0.3, 0.4) is 0 Å². The van der Waals surface area contributed by atoms with Crippen molar-refractivity contribution in [1.29, 1.82) is 0 Å². The third-order valence-electron chi connectivity index (χ3n) is 7.43. The second-order valence-electron chi connectivity index (χ2n) is 9.44. The van der Waals surface area contributed by atoms with Gasteiger partial charge in [0.15, 0.2) is 0 Å². The Morgan fingerprint density at radius 2 is 1.79 bits per heavy atom. The van der Waals surface area contributed by atoms with E-state index >= 15 is 4.39 Å². The van der Waals surface area contributed by atoms with Crippen molar-refractivity contribution in [2.45, 2.75) is 45.6 Å². The molecule has 2 aromatic carbocycles. The van der Waals surface area contributed by atoms with Crippen LogP contribution in [0.1, 0.15) is 50.3 Å². The minimum atomic E-state index is -0.220. The van der Waals surface area contributed by atoms with E-state index in [9.17, 15) is 4.79 Å². The Labute approximate surface area is 197 Å². The summed E-state index contributed by atoms with van der Waals surface area (Å²) < 4.78 is 20.7. The van der Waals surface area contributed by atoms with Crippen molar-refractivity contribution in [3.8, 4) is 0 Å². The highest BCUT2D eigenvalue weighted by atomic mass is 19.1. The van der Waals surface area contributed by atoms with E-state index in [0.29, 0.717) is 24.1 Å². The van der Waals surface area contributed by atoms with Crippen molar-refractivity contribution in [2.75, 3.05) is 44.3 Å². The van der Waals surface area contributed by atoms with Crippen molar-refractivity contribution in [1.82, 2.24) is 4.90 Å².